The molecule has 0 fully saturated rings. The molecule has 0 spiro atoms. The van der Waals surface area contributed by atoms with Crippen molar-refractivity contribution in [2.75, 3.05) is 0 Å². The van der Waals surface area contributed by atoms with Crippen LogP contribution in [0.25, 0.3) is 0 Å². The smallest absolute Gasteiger partial charge is 0.320 e. The number of benzene rings is 1. The Morgan fingerprint density at radius 2 is 1.81 bits per heavy atom. The zero-order valence-corrected chi connectivity index (χ0v) is 8.46. The van der Waals surface area contributed by atoms with Gasteiger partial charge in [0.1, 0.15) is 6.04 Å². The Labute approximate surface area is 91.5 Å². The van der Waals surface area contributed by atoms with Crippen molar-refractivity contribution in [2.45, 2.75) is 25.1 Å². The monoisotopic (exact) mass is 228 g/mol. The van der Waals surface area contributed by atoms with E-state index >= 15 is 0 Å². The lowest BCUT2D eigenvalue weighted by Crippen LogP contribution is -2.37. The van der Waals surface area contributed by atoms with Crippen molar-refractivity contribution in [3.63, 3.8) is 0 Å². The zero-order chi connectivity index (χ0) is 12.2. The number of rotatable bonds is 3. The predicted molar refractivity (Wildman–Crippen MR) is 53.5 cm³/mol. The number of nitriles is 1. The van der Waals surface area contributed by atoms with Crippen LogP contribution in [0.15, 0.2) is 24.3 Å². The molecule has 0 bridgehead atoms. The zero-order valence-electron chi connectivity index (χ0n) is 8.46. The predicted octanol–water partition coefficient (Wildman–Crippen LogP) is 2.38. The molecule has 0 aromatic heterocycles. The van der Waals surface area contributed by atoms with Crippen molar-refractivity contribution in [1.29, 1.82) is 5.26 Å². The molecule has 0 saturated carbocycles. The third-order valence-corrected chi connectivity index (χ3v) is 2.25. The molecule has 1 unspecified atom stereocenters. The highest BCUT2D eigenvalue weighted by Crippen LogP contribution is 2.21. The maximum absolute atomic E-state index is 12.1. The van der Waals surface area contributed by atoms with Crippen LogP contribution in [0.2, 0.25) is 0 Å². The van der Waals surface area contributed by atoms with Crippen molar-refractivity contribution in [3.05, 3.63) is 35.4 Å². The molecule has 0 aliphatic heterocycles. The molecule has 0 heterocycles. The molecule has 0 amide bonds. The largest absolute Gasteiger partial charge is 0.403 e. The van der Waals surface area contributed by atoms with E-state index in [2.05, 4.69) is 0 Å². The summed E-state index contributed by atoms with van der Waals surface area (Å²) in [5.41, 5.74) is 6.22. The molecule has 1 rings (SSSR count). The van der Waals surface area contributed by atoms with E-state index in [0.29, 0.717) is 5.56 Å². The summed E-state index contributed by atoms with van der Waals surface area (Å²) in [5.74, 6) is 0. The second kappa shape index (κ2) is 4.99. The van der Waals surface area contributed by atoms with Crippen molar-refractivity contribution < 1.29 is 13.2 Å². The molecule has 0 aliphatic carbocycles. The lowest BCUT2D eigenvalue weighted by molar-refractivity contribution is -0.148. The Morgan fingerprint density at radius 1 is 1.25 bits per heavy atom. The summed E-state index contributed by atoms with van der Waals surface area (Å²) < 4.78 is 36.3. The van der Waals surface area contributed by atoms with E-state index in [-0.39, 0.29) is 12.8 Å². The number of nitrogens with zero attached hydrogens (tertiary/aromatic N) is 1. The minimum absolute atomic E-state index is 0.143. The Morgan fingerprint density at radius 3 is 2.25 bits per heavy atom. The normalized spacial score (nSPS) is 13.2. The van der Waals surface area contributed by atoms with Gasteiger partial charge >= 0.3 is 6.18 Å². The van der Waals surface area contributed by atoms with Crippen LogP contribution in [-0.2, 0) is 6.42 Å². The van der Waals surface area contributed by atoms with Gasteiger partial charge in [0.25, 0.3) is 0 Å². The Kier molecular flexibility index (Phi) is 3.91. The average Bonchev–Trinajstić information content (AvgIpc) is 2.25. The van der Waals surface area contributed by atoms with Crippen molar-refractivity contribution >= 4 is 0 Å². The first-order valence-electron chi connectivity index (χ1n) is 4.75. The SMILES string of the molecule is N#Cc1ccc(CCC(N)C(F)(F)F)cc1. The molecule has 0 saturated heterocycles. The van der Waals surface area contributed by atoms with E-state index in [0.717, 1.165) is 5.56 Å². The molecule has 16 heavy (non-hydrogen) atoms. The van der Waals surface area contributed by atoms with Crippen LogP contribution in [0.3, 0.4) is 0 Å². The first-order valence-corrected chi connectivity index (χ1v) is 4.75. The van der Waals surface area contributed by atoms with E-state index in [1.54, 1.807) is 24.3 Å². The average molecular weight is 228 g/mol. The van der Waals surface area contributed by atoms with Crippen LogP contribution in [0.5, 0.6) is 0 Å². The van der Waals surface area contributed by atoms with E-state index in [1.807, 2.05) is 6.07 Å². The van der Waals surface area contributed by atoms with Gasteiger partial charge in [-0.25, -0.2) is 0 Å². The minimum Gasteiger partial charge on any atom is -0.320 e. The maximum atomic E-state index is 12.1. The number of halogens is 3. The molecule has 86 valence electrons. The summed E-state index contributed by atoms with van der Waals surface area (Å²) in [6.45, 7) is 0. The fourth-order valence-electron chi connectivity index (χ4n) is 1.23. The summed E-state index contributed by atoms with van der Waals surface area (Å²) in [5, 5.41) is 8.53. The molecular weight excluding hydrogens is 217 g/mol. The van der Waals surface area contributed by atoms with Crippen LogP contribution in [-0.4, -0.2) is 12.2 Å². The van der Waals surface area contributed by atoms with E-state index in [4.69, 9.17) is 11.0 Å². The van der Waals surface area contributed by atoms with Gasteiger partial charge in [-0.1, -0.05) is 12.1 Å². The first-order chi connectivity index (χ1) is 7.43. The van der Waals surface area contributed by atoms with E-state index in [1.165, 1.54) is 0 Å². The van der Waals surface area contributed by atoms with E-state index < -0.39 is 12.2 Å². The number of aryl methyl sites for hydroxylation is 1. The molecule has 1 aromatic carbocycles. The van der Waals surface area contributed by atoms with Crippen molar-refractivity contribution in [1.82, 2.24) is 0 Å². The third kappa shape index (κ3) is 3.55. The highest BCUT2D eigenvalue weighted by Gasteiger charge is 2.35. The molecule has 1 atom stereocenters. The summed E-state index contributed by atoms with van der Waals surface area (Å²) in [6, 6.07) is 6.59. The lowest BCUT2D eigenvalue weighted by Gasteiger charge is -2.15. The van der Waals surface area contributed by atoms with Crippen LogP contribution in [0.1, 0.15) is 17.5 Å². The fraction of sp³-hybridized carbons (Fsp3) is 0.364. The molecule has 0 radical (unpaired) electrons. The van der Waals surface area contributed by atoms with Gasteiger partial charge < -0.3 is 5.73 Å². The second-order valence-electron chi connectivity index (χ2n) is 3.50. The molecular formula is C11H11F3N2. The molecule has 2 N–H and O–H groups in total. The molecule has 5 heteroatoms. The highest BCUT2D eigenvalue weighted by molar-refractivity contribution is 5.31. The first kappa shape index (κ1) is 12.5. The fourth-order valence-corrected chi connectivity index (χ4v) is 1.23. The second-order valence-corrected chi connectivity index (χ2v) is 3.50. The Balaban J connectivity index is 2.53. The van der Waals surface area contributed by atoms with Gasteiger partial charge in [-0.15, -0.1) is 0 Å². The van der Waals surface area contributed by atoms with Gasteiger partial charge in [-0.05, 0) is 30.5 Å². The van der Waals surface area contributed by atoms with Crippen molar-refractivity contribution in [2.24, 2.45) is 5.73 Å². The van der Waals surface area contributed by atoms with Crippen LogP contribution in [0.4, 0.5) is 13.2 Å². The number of nitrogens with two attached hydrogens (primary N) is 1. The number of hydrogen-bond acceptors (Lipinski definition) is 2. The highest BCUT2D eigenvalue weighted by atomic mass is 19.4. The Bertz CT molecular complexity index is 376. The van der Waals surface area contributed by atoms with Crippen LogP contribution >= 0.6 is 0 Å². The summed E-state index contributed by atoms with van der Waals surface area (Å²) in [4.78, 5) is 0. The molecule has 0 aliphatic rings. The van der Waals surface area contributed by atoms with E-state index in [9.17, 15) is 13.2 Å². The van der Waals surface area contributed by atoms with Gasteiger partial charge in [0.05, 0.1) is 11.6 Å². The van der Waals surface area contributed by atoms with Gasteiger partial charge in [0.15, 0.2) is 0 Å². The Hall–Kier alpha value is -1.54. The molecule has 2 nitrogen and oxygen atoms in total. The van der Waals surface area contributed by atoms with Gasteiger partial charge in [0, 0.05) is 0 Å². The van der Waals surface area contributed by atoms with Gasteiger partial charge in [-0.2, -0.15) is 18.4 Å². The lowest BCUT2D eigenvalue weighted by atomic mass is 10.0. The summed E-state index contributed by atoms with van der Waals surface area (Å²) in [7, 11) is 0. The van der Waals surface area contributed by atoms with Gasteiger partial charge in [0.2, 0.25) is 0 Å². The maximum Gasteiger partial charge on any atom is 0.403 e. The molecule has 1 aromatic rings. The summed E-state index contributed by atoms with van der Waals surface area (Å²) >= 11 is 0. The van der Waals surface area contributed by atoms with Crippen LogP contribution in [0, 0.1) is 11.3 Å². The quantitative estimate of drug-likeness (QED) is 0.863. The summed E-state index contributed by atoms with van der Waals surface area (Å²) in [6.07, 6.45) is -4.23. The van der Waals surface area contributed by atoms with Gasteiger partial charge in [-0.3, -0.25) is 0 Å². The topological polar surface area (TPSA) is 49.8 Å². The number of hydrogen-bond donors (Lipinski definition) is 1. The number of alkyl halides is 3. The van der Waals surface area contributed by atoms with Crippen molar-refractivity contribution in [3.8, 4) is 6.07 Å². The van der Waals surface area contributed by atoms with Crippen LogP contribution < -0.4 is 5.73 Å². The standard InChI is InChI=1S/C11H11F3N2/c12-11(13,14)10(16)6-5-8-1-3-9(7-15)4-2-8/h1-4,10H,5-6,16H2. The minimum atomic E-state index is -4.34. The third-order valence-electron chi connectivity index (χ3n) is 2.25.